The zero-order valence-corrected chi connectivity index (χ0v) is 14.1. The summed E-state index contributed by atoms with van der Waals surface area (Å²) in [7, 11) is 0. The molecule has 1 aromatic heterocycles. The van der Waals surface area contributed by atoms with Crippen molar-refractivity contribution < 1.29 is 9.59 Å². The molecule has 2 aromatic rings. The van der Waals surface area contributed by atoms with Crippen LogP contribution in [-0.2, 0) is 0 Å². The van der Waals surface area contributed by atoms with E-state index in [0.29, 0.717) is 22.9 Å². The van der Waals surface area contributed by atoms with Crippen LogP contribution in [0.2, 0.25) is 0 Å². The van der Waals surface area contributed by atoms with Gasteiger partial charge in [0, 0.05) is 17.6 Å². The Morgan fingerprint density at radius 2 is 1.76 bits per heavy atom. The Morgan fingerprint density at radius 1 is 1.12 bits per heavy atom. The van der Waals surface area contributed by atoms with Gasteiger partial charge in [-0.25, -0.2) is 4.68 Å². The summed E-state index contributed by atoms with van der Waals surface area (Å²) in [5, 5.41) is 10.2. The molecule has 2 fully saturated rings. The fourth-order valence-corrected chi connectivity index (χ4v) is 2.69. The Morgan fingerprint density at radius 3 is 2.40 bits per heavy atom. The molecule has 0 spiro atoms. The number of rotatable bonds is 5. The van der Waals surface area contributed by atoms with E-state index < -0.39 is 0 Å². The van der Waals surface area contributed by atoms with Crippen molar-refractivity contribution >= 4 is 17.6 Å². The second-order valence-electron chi connectivity index (χ2n) is 6.85. The summed E-state index contributed by atoms with van der Waals surface area (Å²) in [5.41, 5.74) is 8.70. The number of nitrogens with one attached hydrogen (secondary N) is 2. The van der Waals surface area contributed by atoms with Crippen molar-refractivity contribution in [3.63, 3.8) is 0 Å². The van der Waals surface area contributed by atoms with Crippen LogP contribution in [0.25, 0.3) is 5.69 Å². The quantitative estimate of drug-likeness (QED) is 0.769. The van der Waals surface area contributed by atoms with Gasteiger partial charge in [-0.15, -0.1) is 0 Å². The molecule has 25 heavy (non-hydrogen) atoms. The van der Waals surface area contributed by atoms with E-state index >= 15 is 0 Å². The Kier molecular flexibility index (Phi) is 3.71. The average Bonchev–Trinajstić information content (AvgIpc) is 3.50. The third kappa shape index (κ3) is 3.22. The highest BCUT2D eigenvalue weighted by atomic mass is 16.2. The predicted octanol–water partition coefficient (Wildman–Crippen LogP) is 1.55. The van der Waals surface area contributed by atoms with Crippen LogP contribution in [-0.4, -0.2) is 33.7 Å². The average molecular weight is 339 g/mol. The molecule has 1 aromatic carbocycles. The van der Waals surface area contributed by atoms with Gasteiger partial charge in [0.05, 0.1) is 11.9 Å². The van der Waals surface area contributed by atoms with E-state index in [1.807, 2.05) is 13.0 Å². The third-order valence-electron chi connectivity index (χ3n) is 4.58. The summed E-state index contributed by atoms with van der Waals surface area (Å²) in [6.07, 6.45) is 5.57. The molecule has 2 saturated carbocycles. The smallest absolute Gasteiger partial charge is 0.256 e. The molecule has 0 unspecified atom stereocenters. The van der Waals surface area contributed by atoms with Gasteiger partial charge in [0.15, 0.2) is 0 Å². The van der Waals surface area contributed by atoms with Crippen LogP contribution in [0.3, 0.4) is 0 Å². The van der Waals surface area contributed by atoms with E-state index in [2.05, 4.69) is 15.7 Å². The number of anilines is 1. The maximum absolute atomic E-state index is 12.3. The number of carbonyl (C=O) groups excluding carboxylic acids is 2. The van der Waals surface area contributed by atoms with Crippen LogP contribution in [0.15, 0.2) is 24.4 Å². The largest absolute Gasteiger partial charge is 0.383 e. The summed E-state index contributed by atoms with van der Waals surface area (Å²) in [6.45, 7) is 1.92. The molecule has 0 saturated heterocycles. The van der Waals surface area contributed by atoms with Gasteiger partial charge in [-0.1, -0.05) is 6.07 Å². The second-order valence-corrected chi connectivity index (χ2v) is 6.85. The standard InChI is InChI=1S/C18H21N5O2/c1-10-2-3-11(17(24)21-12-4-5-12)8-15(10)23-16(19)14(9-20-23)18(25)22-13-6-7-13/h2-3,8-9,12-13H,4-7,19H2,1H3,(H,21,24)(H,22,25). The minimum atomic E-state index is -0.202. The Hall–Kier alpha value is -2.83. The van der Waals surface area contributed by atoms with Gasteiger partial charge >= 0.3 is 0 Å². The first-order valence-corrected chi connectivity index (χ1v) is 8.59. The van der Waals surface area contributed by atoms with Crippen LogP contribution < -0.4 is 16.4 Å². The fraction of sp³-hybridized carbons (Fsp3) is 0.389. The molecule has 4 rings (SSSR count). The van der Waals surface area contributed by atoms with Crippen LogP contribution >= 0.6 is 0 Å². The maximum atomic E-state index is 12.3. The second kappa shape index (κ2) is 5.91. The highest BCUT2D eigenvalue weighted by Crippen LogP contribution is 2.24. The summed E-state index contributed by atoms with van der Waals surface area (Å²) in [4.78, 5) is 24.5. The lowest BCUT2D eigenvalue weighted by Crippen LogP contribution is -2.26. The number of amides is 2. The molecule has 7 heteroatoms. The number of nitrogens with zero attached hydrogens (tertiary/aromatic N) is 2. The highest BCUT2D eigenvalue weighted by molar-refractivity contribution is 5.99. The molecule has 1 heterocycles. The molecule has 7 nitrogen and oxygen atoms in total. The number of aromatic nitrogens is 2. The summed E-state index contributed by atoms with van der Waals surface area (Å²) in [5.74, 6) is -0.0197. The van der Waals surface area contributed by atoms with E-state index in [9.17, 15) is 9.59 Å². The van der Waals surface area contributed by atoms with Crippen molar-refractivity contribution in [1.29, 1.82) is 0 Å². The molecule has 2 amide bonds. The Bertz CT molecular complexity index is 849. The van der Waals surface area contributed by atoms with Gasteiger partial charge in [-0.05, 0) is 50.3 Å². The first-order valence-electron chi connectivity index (χ1n) is 8.59. The summed E-state index contributed by atoms with van der Waals surface area (Å²) < 4.78 is 1.52. The molecule has 2 aliphatic rings. The third-order valence-corrected chi connectivity index (χ3v) is 4.58. The molecule has 2 aliphatic carbocycles. The van der Waals surface area contributed by atoms with Crippen LogP contribution in [0.5, 0.6) is 0 Å². The molecule has 0 aliphatic heterocycles. The number of hydrogen-bond acceptors (Lipinski definition) is 4. The van der Waals surface area contributed by atoms with Crippen LogP contribution in [0, 0.1) is 6.92 Å². The predicted molar refractivity (Wildman–Crippen MR) is 93.7 cm³/mol. The molecule has 0 radical (unpaired) electrons. The summed E-state index contributed by atoms with van der Waals surface area (Å²) in [6, 6.07) is 5.97. The molecule has 4 N–H and O–H groups in total. The van der Waals surface area contributed by atoms with E-state index in [-0.39, 0.29) is 23.7 Å². The summed E-state index contributed by atoms with van der Waals surface area (Å²) >= 11 is 0. The van der Waals surface area contributed by atoms with Gasteiger partial charge < -0.3 is 16.4 Å². The van der Waals surface area contributed by atoms with Gasteiger partial charge in [0.2, 0.25) is 0 Å². The highest BCUT2D eigenvalue weighted by Gasteiger charge is 2.27. The minimum absolute atomic E-state index is 0.0961. The maximum Gasteiger partial charge on any atom is 0.256 e. The Labute approximate surface area is 145 Å². The fourth-order valence-electron chi connectivity index (χ4n) is 2.69. The lowest BCUT2D eigenvalue weighted by molar-refractivity contribution is 0.0943. The molecule has 130 valence electrons. The Balaban J connectivity index is 1.63. The van der Waals surface area contributed by atoms with Gasteiger partial charge in [-0.3, -0.25) is 9.59 Å². The monoisotopic (exact) mass is 339 g/mol. The van der Waals surface area contributed by atoms with E-state index in [0.717, 1.165) is 31.2 Å². The van der Waals surface area contributed by atoms with Crippen molar-refractivity contribution in [2.24, 2.45) is 0 Å². The molecular formula is C18H21N5O2. The first-order chi connectivity index (χ1) is 12.0. The van der Waals surface area contributed by atoms with E-state index in [4.69, 9.17) is 5.73 Å². The zero-order chi connectivity index (χ0) is 17.6. The van der Waals surface area contributed by atoms with Gasteiger partial charge in [0.1, 0.15) is 11.4 Å². The van der Waals surface area contributed by atoms with Gasteiger partial charge in [-0.2, -0.15) is 5.10 Å². The first kappa shape index (κ1) is 15.7. The van der Waals surface area contributed by atoms with Crippen molar-refractivity contribution in [2.75, 3.05) is 5.73 Å². The van der Waals surface area contributed by atoms with Crippen molar-refractivity contribution in [2.45, 2.75) is 44.7 Å². The molecule has 0 atom stereocenters. The molecular weight excluding hydrogens is 318 g/mol. The van der Waals surface area contributed by atoms with E-state index in [1.165, 1.54) is 10.9 Å². The number of carbonyl (C=O) groups is 2. The lowest BCUT2D eigenvalue weighted by atomic mass is 10.1. The number of aryl methyl sites for hydroxylation is 1. The normalized spacial score (nSPS) is 16.5. The lowest BCUT2D eigenvalue weighted by Gasteiger charge is -2.11. The molecule has 0 bridgehead atoms. The number of nitrogen functional groups attached to an aromatic ring is 1. The van der Waals surface area contributed by atoms with E-state index in [1.54, 1.807) is 12.1 Å². The topological polar surface area (TPSA) is 102 Å². The zero-order valence-electron chi connectivity index (χ0n) is 14.1. The number of hydrogen-bond donors (Lipinski definition) is 3. The van der Waals surface area contributed by atoms with Crippen LogP contribution in [0.4, 0.5) is 5.82 Å². The van der Waals surface area contributed by atoms with Crippen molar-refractivity contribution in [3.05, 3.63) is 41.1 Å². The minimum Gasteiger partial charge on any atom is -0.383 e. The SMILES string of the molecule is Cc1ccc(C(=O)NC2CC2)cc1-n1ncc(C(=O)NC2CC2)c1N. The van der Waals surface area contributed by atoms with Crippen LogP contribution in [0.1, 0.15) is 52.0 Å². The van der Waals surface area contributed by atoms with Crippen molar-refractivity contribution in [3.8, 4) is 5.69 Å². The number of benzene rings is 1. The van der Waals surface area contributed by atoms with Gasteiger partial charge in [0.25, 0.3) is 11.8 Å². The number of nitrogens with two attached hydrogens (primary N) is 1. The van der Waals surface area contributed by atoms with Crippen molar-refractivity contribution in [1.82, 2.24) is 20.4 Å².